The number of carbonyl (C=O) groups excluding carboxylic acids is 3. The summed E-state index contributed by atoms with van der Waals surface area (Å²) in [5.74, 6) is -1.78. The molecule has 0 saturated heterocycles. The number of benzene rings is 1. The van der Waals surface area contributed by atoms with Gasteiger partial charge in [-0.05, 0) is 36.4 Å². The molecule has 3 rings (SSSR count). The van der Waals surface area contributed by atoms with Crippen LogP contribution in [0.2, 0.25) is 5.15 Å². The quantitative estimate of drug-likeness (QED) is 0.485. The summed E-state index contributed by atoms with van der Waals surface area (Å²) in [5.41, 5.74) is 0.621. The van der Waals surface area contributed by atoms with Crippen molar-refractivity contribution in [2.24, 2.45) is 0 Å². The van der Waals surface area contributed by atoms with Gasteiger partial charge in [0.2, 0.25) is 0 Å². The molecule has 0 aliphatic carbocycles. The molecule has 0 atom stereocenters. The Hall–Kier alpha value is -3.65. The Morgan fingerprint density at radius 2 is 1.79 bits per heavy atom. The number of para-hydroxylation sites is 1. The second kappa shape index (κ2) is 8.83. The fraction of sp³-hybridized carbons (Fsp3) is 0.0526. The Morgan fingerprint density at radius 1 is 1.00 bits per heavy atom. The van der Waals surface area contributed by atoms with Gasteiger partial charge < -0.3 is 19.8 Å². The Balaban J connectivity index is 1.62. The highest BCUT2D eigenvalue weighted by Gasteiger charge is 2.17. The highest BCUT2D eigenvalue weighted by Crippen LogP contribution is 2.19. The van der Waals surface area contributed by atoms with E-state index in [2.05, 4.69) is 15.6 Å². The van der Waals surface area contributed by atoms with Gasteiger partial charge in [0.15, 0.2) is 17.5 Å². The molecule has 0 aliphatic heterocycles. The van der Waals surface area contributed by atoms with Gasteiger partial charge in [-0.15, -0.1) is 0 Å². The van der Waals surface area contributed by atoms with Crippen LogP contribution < -0.4 is 10.6 Å². The molecule has 0 radical (unpaired) electrons. The number of amides is 2. The molecule has 2 heterocycles. The molecule has 9 heteroatoms. The van der Waals surface area contributed by atoms with Crippen molar-refractivity contribution in [1.82, 2.24) is 4.98 Å². The van der Waals surface area contributed by atoms with Crippen molar-refractivity contribution in [3.05, 3.63) is 77.5 Å². The van der Waals surface area contributed by atoms with Crippen LogP contribution in [-0.2, 0) is 9.53 Å². The van der Waals surface area contributed by atoms with E-state index in [1.165, 1.54) is 30.7 Å². The zero-order valence-corrected chi connectivity index (χ0v) is 15.1. The normalized spacial score (nSPS) is 10.2. The van der Waals surface area contributed by atoms with Crippen LogP contribution in [0.15, 0.2) is 65.4 Å². The lowest BCUT2D eigenvalue weighted by molar-refractivity contribution is -0.119. The molecule has 1 aromatic carbocycles. The van der Waals surface area contributed by atoms with E-state index in [9.17, 15) is 14.4 Å². The summed E-state index contributed by atoms with van der Waals surface area (Å²) >= 11 is 5.86. The first kappa shape index (κ1) is 19.1. The summed E-state index contributed by atoms with van der Waals surface area (Å²) in [4.78, 5) is 40.2. The molecule has 0 fully saturated rings. The monoisotopic (exact) mass is 399 g/mol. The van der Waals surface area contributed by atoms with E-state index >= 15 is 0 Å². The second-order valence-electron chi connectivity index (χ2n) is 5.44. The number of nitrogens with zero attached hydrogens (tertiary/aromatic N) is 1. The third-order valence-electron chi connectivity index (χ3n) is 3.51. The number of halogens is 1. The lowest BCUT2D eigenvalue weighted by Gasteiger charge is -2.10. The van der Waals surface area contributed by atoms with Gasteiger partial charge in [0, 0.05) is 6.20 Å². The molecule has 8 nitrogen and oxygen atoms in total. The number of aromatic nitrogens is 1. The summed E-state index contributed by atoms with van der Waals surface area (Å²) < 4.78 is 10.0. The van der Waals surface area contributed by atoms with Gasteiger partial charge in [-0.1, -0.05) is 23.7 Å². The molecule has 2 amide bonds. The molecule has 3 aromatic rings. The second-order valence-corrected chi connectivity index (χ2v) is 5.80. The van der Waals surface area contributed by atoms with Crippen LogP contribution >= 0.6 is 11.6 Å². The van der Waals surface area contributed by atoms with Crippen molar-refractivity contribution < 1.29 is 23.5 Å². The molecule has 0 bridgehead atoms. The highest BCUT2D eigenvalue weighted by atomic mass is 35.5. The van der Waals surface area contributed by atoms with Crippen LogP contribution in [0.25, 0.3) is 0 Å². The van der Waals surface area contributed by atoms with Gasteiger partial charge in [-0.2, -0.15) is 0 Å². The first-order chi connectivity index (χ1) is 13.5. The van der Waals surface area contributed by atoms with E-state index in [0.29, 0.717) is 5.69 Å². The maximum absolute atomic E-state index is 12.3. The molecule has 2 N–H and O–H groups in total. The van der Waals surface area contributed by atoms with Crippen molar-refractivity contribution >= 4 is 40.8 Å². The van der Waals surface area contributed by atoms with Gasteiger partial charge in [-0.3, -0.25) is 9.59 Å². The Morgan fingerprint density at radius 3 is 2.54 bits per heavy atom. The molecular weight excluding hydrogens is 386 g/mol. The van der Waals surface area contributed by atoms with Crippen molar-refractivity contribution in [3.8, 4) is 0 Å². The predicted molar refractivity (Wildman–Crippen MR) is 101 cm³/mol. The number of pyridine rings is 1. The average molecular weight is 400 g/mol. The van der Waals surface area contributed by atoms with Crippen LogP contribution in [0, 0.1) is 0 Å². The van der Waals surface area contributed by atoms with Gasteiger partial charge in [-0.25, -0.2) is 9.78 Å². The Labute approximate surface area is 164 Å². The summed E-state index contributed by atoms with van der Waals surface area (Å²) in [5, 5.41) is 5.18. The van der Waals surface area contributed by atoms with Crippen LogP contribution in [-0.4, -0.2) is 29.4 Å². The van der Waals surface area contributed by atoms with E-state index in [0.717, 1.165) is 0 Å². The zero-order chi connectivity index (χ0) is 19.9. The molecule has 0 saturated carbocycles. The predicted octanol–water partition coefficient (Wildman–Crippen LogP) is 3.38. The lowest BCUT2D eigenvalue weighted by Crippen LogP contribution is -2.22. The van der Waals surface area contributed by atoms with Gasteiger partial charge >= 0.3 is 5.97 Å². The fourth-order valence-electron chi connectivity index (χ4n) is 2.24. The summed E-state index contributed by atoms with van der Waals surface area (Å²) in [6, 6.07) is 12.5. The number of rotatable bonds is 6. The first-order valence-electron chi connectivity index (χ1n) is 8.06. The fourth-order valence-corrected chi connectivity index (χ4v) is 2.40. The number of furan rings is 1. The maximum Gasteiger partial charge on any atom is 0.340 e. The smallest absolute Gasteiger partial charge is 0.340 e. The molecule has 142 valence electrons. The van der Waals surface area contributed by atoms with Crippen molar-refractivity contribution in [2.45, 2.75) is 0 Å². The number of nitrogens with one attached hydrogen (secondary N) is 2. The van der Waals surface area contributed by atoms with Gasteiger partial charge in [0.05, 0.1) is 23.2 Å². The van der Waals surface area contributed by atoms with Crippen molar-refractivity contribution in [1.29, 1.82) is 0 Å². The summed E-state index contributed by atoms with van der Waals surface area (Å²) in [6.45, 7) is -0.537. The van der Waals surface area contributed by atoms with E-state index in [4.69, 9.17) is 20.8 Å². The SMILES string of the molecule is O=C(COC(=O)c1ccccc1NC(=O)c1ccco1)Nc1cccnc1Cl. The highest BCUT2D eigenvalue weighted by molar-refractivity contribution is 6.32. The van der Waals surface area contributed by atoms with Crippen LogP contribution in [0.4, 0.5) is 11.4 Å². The third-order valence-corrected chi connectivity index (χ3v) is 3.81. The minimum absolute atomic E-state index is 0.0922. The van der Waals surface area contributed by atoms with Gasteiger partial charge in [0.1, 0.15) is 0 Å². The van der Waals surface area contributed by atoms with Crippen LogP contribution in [0.1, 0.15) is 20.9 Å². The molecule has 2 aromatic heterocycles. The van der Waals surface area contributed by atoms with E-state index < -0.39 is 24.4 Å². The van der Waals surface area contributed by atoms with Gasteiger partial charge in [0.25, 0.3) is 11.8 Å². The van der Waals surface area contributed by atoms with Crippen molar-refractivity contribution in [2.75, 3.05) is 17.2 Å². The Bertz CT molecular complexity index is 1000. The van der Waals surface area contributed by atoms with E-state index in [-0.39, 0.29) is 22.2 Å². The molecule has 0 spiro atoms. The lowest BCUT2D eigenvalue weighted by atomic mass is 10.1. The molecular formula is C19H14ClN3O5. The van der Waals surface area contributed by atoms with Crippen LogP contribution in [0.5, 0.6) is 0 Å². The largest absolute Gasteiger partial charge is 0.459 e. The number of esters is 1. The molecule has 0 unspecified atom stereocenters. The first-order valence-corrected chi connectivity index (χ1v) is 8.44. The topological polar surface area (TPSA) is 111 Å². The number of ether oxygens (including phenoxy) is 1. The number of hydrogen-bond acceptors (Lipinski definition) is 6. The minimum Gasteiger partial charge on any atom is -0.459 e. The summed E-state index contributed by atoms with van der Waals surface area (Å²) in [6.07, 6.45) is 2.84. The number of hydrogen-bond donors (Lipinski definition) is 2. The molecule has 28 heavy (non-hydrogen) atoms. The maximum atomic E-state index is 12.3. The average Bonchev–Trinajstić information content (AvgIpc) is 3.23. The standard InChI is InChI=1S/C19H14ClN3O5/c20-17-14(7-3-9-21-17)22-16(24)11-28-19(26)12-5-1-2-6-13(12)23-18(25)15-8-4-10-27-15/h1-10H,11H2,(H,22,24)(H,23,25). The van der Waals surface area contributed by atoms with E-state index in [1.54, 1.807) is 30.3 Å². The molecule has 0 aliphatic rings. The third kappa shape index (κ3) is 4.74. The number of carbonyl (C=O) groups is 3. The summed E-state index contributed by atoms with van der Waals surface area (Å²) in [7, 11) is 0. The minimum atomic E-state index is -0.775. The van der Waals surface area contributed by atoms with E-state index in [1.807, 2.05) is 0 Å². The Kier molecular flexibility index (Phi) is 6.03. The zero-order valence-electron chi connectivity index (χ0n) is 14.3. The number of anilines is 2. The van der Waals surface area contributed by atoms with Crippen LogP contribution in [0.3, 0.4) is 0 Å². The van der Waals surface area contributed by atoms with Crippen molar-refractivity contribution in [3.63, 3.8) is 0 Å².